The van der Waals surface area contributed by atoms with Gasteiger partial charge in [-0.25, -0.2) is 4.79 Å². The van der Waals surface area contributed by atoms with Gasteiger partial charge in [0.2, 0.25) is 0 Å². The molecule has 5 rings (SSSR count). The largest absolute Gasteiger partial charge is 0.493 e. The number of benzene rings is 4. The predicted octanol–water partition coefficient (Wildman–Crippen LogP) is 6.86. The Balaban J connectivity index is 1.51. The van der Waals surface area contributed by atoms with Crippen molar-refractivity contribution in [1.29, 1.82) is 0 Å². The molecule has 2 atom stereocenters. The first-order chi connectivity index (χ1) is 18.9. The Morgan fingerprint density at radius 2 is 1.56 bits per heavy atom. The molecule has 1 N–H and O–H groups in total. The summed E-state index contributed by atoms with van der Waals surface area (Å²) in [5.74, 6) is 0.460. The van der Waals surface area contributed by atoms with E-state index in [0.29, 0.717) is 22.8 Å². The zero-order chi connectivity index (χ0) is 27.4. The van der Waals surface area contributed by atoms with Gasteiger partial charge in [0.05, 0.1) is 26.1 Å². The number of cyclic esters (lactones) is 1. The van der Waals surface area contributed by atoms with Crippen LogP contribution in [0.25, 0.3) is 11.1 Å². The number of rotatable bonds is 9. The summed E-state index contributed by atoms with van der Waals surface area (Å²) in [5.41, 5.74) is 4.31. The molecule has 7 heteroatoms. The molecule has 39 heavy (non-hydrogen) atoms. The van der Waals surface area contributed by atoms with E-state index in [2.05, 4.69) is 0 Å². The minimum absolute atomic E-state index is 0.141. The number of carbonyl (C=O) groups is 2. The summed E-state index contributed by atoms with van der Waals surface area (Å²) >= 11 is 0. The Hall–Kier alpha value is -4.78. The second-order valence-corrected chi connectivity index (χ2v) is 9.43. The monoisotopic (exact) mass is 523 g/mol. The van der Waals surface area contributed by atoms with Crippen LogP contribution in [0.2, 0.25) is 0 Å². The summed E-state index contributed by atoms with van der Waals surface area (Å²) < 4.78 is 17.6. The van der Waals surface area contributed by atoms with Crippen LogP contribution < -0.4 is 9.47 Å². The number of aliphatic carboxylic acids is 1. The standard InChI is InChI=1S/C32H29NO6/c1-21-31(24-11-7-4-8-12-24)39-32(36)33(21)20-26-19-25(23-9-5-3-6-10-23)14-16-27(26)38-29-17-22(18-30(34)35)13-15-28(29)37-2/h3-17,19,21,31H,18,20H2,1-2H3,(H,34,35)/t21-,31-/m0/s1. The van der Waals surface area contributed by atoms with Gasteiger partial charge in [0.15, 0.2) is 11.5 Å². The number of methoxy groups -OCH3 is 1. The number of nitrogens with zero attached hydrogens (tertiary/aromatic N) is 1. The summed E-state index contributed by atoms with van der Waals surface area (Å²) in [4.78, 5) is 26.0. The van der Waals surface area contributed by atoms with E-state index >= 15 is 0 Å². The quantitative estimate of drug-likeness (QED) is 0.258. The van der Waals surface area contributed by atoms with Gasteiger partial charge < -0.3 is 19.3 Å². The lowest BCUT2D eigenvalue weighted by Gasteiger charge is -2.23. The van der Waals surface area contributed by atoms with Gasteiger partial charge in [0, 0.05) is 5.56 Å². The Bertz CT molecular complexity index is 1470. The predicted molar refractivity (Wildman–Crippen MR) is 147 cm³/mol. The number of hydrogen-bond acceptors (Lipinski definition) is 5. The normalized spacial score (nSPS) is 16.6. The molecule has 4 aromatic rings. The smallest absolute Gasteiger partial charge is 0.411 e. The molecule has 0 spiro atoms. The highest BCUT2D eigenvalue weighted by molar-refractivity contribution is 5.72. The van der Waals surface area contributed by atoms with Crippen molar-refractivity contribution in [3.8, 4) is 28.4 Å². The minimum Gasteiger partial charge on any atom is -0.493 e. The molecule has 4 aromatic carbocycles. The van der Waals surface area contributed by atoms with E-state index in [0.717, 1.165) is 22.3 Å². The van der Waals surface area contributed by atoms with Crippen molar-refractivity contribution in [3.63, 3.8) is 0 Å². The maximum absolute atomic E-state index is 13.0. The minimum atomic E-state index is -0.937. The molecular weight excluding hydrogens is 494 g/mol. The summed E-state index contributed by atoms with van der Waals surface area (Å²) in [5, 5.41) is 9.25. The number of carboxylic acids is 1. The molecule has 0 unspecified atom stereocenters. The zero-order valence-electron chi connectivity index (χ0n) is 21.7. The van der Waals surface area contributed by atoms with Crippen molar-refractivity contribution >= 4 is 12.1 Å². The van der Waals surface area contributed by atoms with E-state index in [1.165, 1.54) is 7.11 Å². The van der Waals surface area contributed by atoms with Gasteiger partial charge >= 0.3 is 12.1 Å². The molecule has 1 aliphatic rings. The Labute approximate surface area is 227 Å². The van der Waals surface area contributed by atoms with Gasteiger partial charge in [-0.1, -0.05) is 72.8 Å². The van der Waals surface area contributed by atoms with Crippen LogP contribution in [0.1, 0.15) is 29.7 Å². The Morgan fingerprint density at radius 3 is 2.26 bits per heavy atom. The summed E-state index contributed by atoms with van der Waals surface area (Å²) in [6.07, 6.45) is -0.917. The first kappa shape index (κ1) is 25.9. The van der Waals surface area contributed by atoms with Gasteiger partial charge in [-0.3, -0.25) is 9.69 Å². The third kappa shape index (κ3) is 5.72. The number of carboxylic acid groups (broad SMARTS) is 1. The van der Waals surface area contributed by atoms with Crippen molar-refractivity contribution in [2.45, 2.75) is 32.0 Å². The van der Waals surface area contributed by atoms with Crippen LogP contribution in [0.3, 0.4) is 0 Å². The third-order valence-corrected chi connectivity index (χ3v) is 6.83. The maximum atomic E-state index is 13.0. The second kappa shape index (κ2) is 11.3. The number of ether oxygens (including phenoxy) is 3. The third-order valence-electron chi connectivity index (χ3n) is 6.83. The van der Waals surface area contributed by atoms with Crippen molar-refractivity contribution in [1.82, 2.24) is 4.90 Å². The molecule has 1 fully saturated rings. The summed E-state index contributed by atoms with van der Waals surface area (Å²) in [6, 6.07) is 30.3. The molecule has 1 amide bonds. The molecule has 1 saturated heterocycles. The van der Waals surface area contributed by atoms with Gasteiger partial charge in [-0.15, -0.1) is 0 Å². The summed E-state index contributed by atoms with van der Waals surface area (Å²) in [6.45, 7) is 2.24. The van der Waals surface area contributed by atoms with Crippen molar-refractivity contribution in [3.05, 3.63) is 114 Å². The maximum Gasteiger partial charge on any atom is 0.411 e. The van der Waals surface area contributed by atoms with Crippen LogP contribution in [0.4, 0.5) is 4.79 Å². The molecular formula is C32H29NO6. The Morgan fingerprint density at radius 1 is 0.872 bits per heavy atom. The second-order valence-electron chi connectivity index (χ2n) is 9.43. The van der Waals surface area contributed by atoms with Crippen LogP contribution in [0, 0.1) is 0 Å². The van der Waals surface area contributed by atoms with Gasteiger partial charge in [0.25, 0.3) is 0 Å². The highest BCUT2D eigenvalue weighted by Crippen LogP contribution is 2.39. The fraction of sp³-hybridized carbons (Fsp3) is 0.188. The first-order valence-corrected chi connectivity index (χ1v) is 12.7. The van der Waals surface area contributed by atoms with Gasteiger partial charge in [-0.2, -0.15) is 0 Å². The van der Waals surface area contributed by atoms with E-state index in [-0.39, 0.29) is 25.1 Å². The van der Waals surface area contributed by atoms with Crippen molar-refractivity contribution < 1.29 is 28.9 Å². The highest BCUT2D eigenvalue weighted by Gasteiger charge is 2.40. The van der Waals surface area contributed by atoms with Crippen LogP contribution >= 0.6 is 0 Å². The topological polar surface area (TPSA) is 85.3 Å². The van der Waals surface area contributed by atoms with E-state index in [9.17, 15) is 14.7 Å². The molecule has 1 aliphatic heterocycles. The Kier molecular flexibility index (Phi) is 7.50. The van der Waals surface area contributed by atoms with Crippen LogP contribution in [0.15, 0.2) is 97.1 Å². The lowest BCUT2D eigenvalue weighted by molar-refractivity contribution is -0.136. The van der Waals surface area contributed by atoms with E-state index in [1.807, 2.05) is 85.8 Å². The molecule has 0 aromatic heterocycles. The number of carbonyl (C=O) groups excluding carboxylic acids is 1. The van der Waals surface area contributed by atoms with Crippen molar-refractivity contribution in [2.24, 2.45) is 0 Å². The molecule has 7 nitrogen and oxygen atoms in total. The van der Waals surface area contributed by atoms with Gasteiger partial charge in [-0.05, 0) is 53.4 Å². The molecule has 1 heterocycles. The number of hydrogen-bond donors (Lipinski definition) is 1. The fourth-order valence-corrected chi connectivity index (χ4v) is 4.80. The highest BCUT2D eigenvalue weighted by atomic mass is 16.6. The lowest BCUT2D eigenvalue weighted by Crippen LogP contribution is -2.31. The summed E-state index contributed by atoms with van der Waals surface area (Å²) in [7, 11) is 1.53. The van der Waals surface area contributed by atoms with E-state index in [4.69, 9.17) is 14.2 Å². The average molecular weight is 524 g/mol. The van der Waals surface area contributed by atoms with Crippen LogP contribution in [0.5, 0.6) is 17.2 Å². The number of amides is 1. The van der Waals surface area contributed by atoms with Crippen LogP contribution in [-0.4, -0.2) is 35.2 Å². The van der Waals surface area contributed by atoms with Crippen molar-refractivity contribution in [2.75, 3.05) is 7.11 Å². The van der Waals surface area contributed by atoms with Gasteiger partial charge in [0.1, 0.15) is 11.9 Å². The SMILES string of the molecule is COc1ccc(CC(=O)O)cc1Oc1ccc(-c2ccccc2)cc1CN1C(=O)O[C@H](c2ccccc2)[C@@H]1C. The molecule has 0 bridgehead atoms. The van der Waals surface area contributed by atoms with E-state index in [1.54, 1.807) is 23.1 Å². The first-order valence-electron chi connectivity index (χ1n) is 12.7. The average Bonchev–Trinajstić information content (AvgIpc) is 3.23. The molecule has 0 saturated carbocycles. The van der Waals surface area contributed by atoms with E-state index < -0.39 is 12.1 Å². The van der Waals surface area contributed by atoms with Crippen LogP contribution in [-0.2, 0) is 22.5 Å². The molecule has 198 valence electrons. The lowest BCUT2D eigenvalue weighted by atomic mass is 10.0. The molecule has 0 aliphatic carbocycles. The zero-order valence-corrected chi connectivity index (χ0v) is 21.7. The molecule has 0 radical (unpaired) electrons. The fourth-order valence-electron chi connectivity index (χ4n) is 4.80.